The Morgan fingerprint density at radius 2 is 2.21 bits per heavy atom. The van der Waals surface area contributed by atoms with Crippen LogP contribution in [0.15, 0.2) is 12.1 Å². The van der Waals surface area contributed by atoms with E-state index in [-0.39, 0.29) is 0 Å². The van der Waals surface area contributed by atoms with Gasteiger partial charge in [-0.25, -0.2) is 4.39 Å². The third-order valence-electron chi connectivity index (χ3n) is 2.19. The predicted molar refractivity (Wildman–Crippen MR) is 47.4 cm³/mol. The highest BCUT2D eigenvalue weighted by Crippen LogP contribution is 2.04. The number of alkyl halides is 1. The number of halogens is 2. The molecule has 0 atom stereocenters. The first kappa shape index (κ1) is 9.33. The summed E-state index contributed by atoms with van der Waals surface area (Å²) < 4.78 is 17.5. The summed E-state index contributed by atoms with van der Waals surface area (Å²) in [7, 11) is 3.46. The van der Waals surface area contributed by atoms with Crippen molar-refractivity contribution in [1.82, 2.24) is 9.61 Å². The van der Waals surface area contributed by atoms with E-state index in [0.29, 0.717) is 16.6 Å². The molecule has 0 aliphatic heterocycles. The highest BCUT2D eigenvalue weighted by atomic mass is 35.5. The molecule has 0 aliphatic carbocycles. The molecule has 0 unspecified atom stereocenters. The zero-order chi connectivity index (χ0) is 10.3. The molecule has 0 N–H and O–H groups in total. The Kier molecular flexibility index (Phi) is 2.11. The second-order valence-corrected chi connectivity index (χ2v) is 3.41. The third-order valence-corrected chi connectivity index (χ3v) is 2.56. The van der Waals surface area contributed by atoms with Gasteiger partial charge in [0.25, 0.3) is 0 Å². The van der Waals surface area contributed by atoms with Crippen LogP contribution in [0.25, 0.3) is 5.65 Å². The molecular formula is C8H10ClFN4+2. The molecule has 2 heterocycles. The van der Waals surface area contributed by atoms with Gasteiger partial charge >= 0.3 is 16.6 Å². The first-order valence-corrected chi connectivity index (χ1v) is 4.51. The molecule has 2 aromatic rings. The maximum absolute atomic E-state index is 12.7. The number of hydrogen-bond donors (Lipinski definition) is 0. The smallest absolute Gasteiger partial charge is 0.237 e. The highest BCUT2D eigenvalue weighted by Gasteiger charge is 2.26. The molecule has 0 amide bonds. The van der Waals surface area contributed by atoms with Gasteiger partial charge in [-0.15, -0.1) is 4.68 Å². The average Bonchev–Trinajstić information content (AvgIpc) is 2.48. The Bertz CT molecular complexity index is 494. The summed E-state index contributed by atoms with van der Waals surface area (Å²) in [4.78, 5) is 0. The van der Waals surface area contributed by atoms with Crippen LogP contribution >= 0.6 is 11.6 Å². The molecule has 0 radical (unpaired) electrons. The SMILES string of the molecule is C[n+]1nc2ccc(Cl)[n+](C)n2c1CF. The van der Waals surface area contributed by atoms with Gasteiger partial charge in [-0.3, -0.25) is 0 Å². The fraction of sp³-hybridized carbons (Fsp3) is 0.375. The van der Waals surface area contributed by atoms with E-state index in [1.165, 1.54) is 4.68 Å². The lowest BCUT2D eigenvalue weighted by molar-refractivity contribution is -0.769. The molecule has 4 nitrogen and oxygen atoms in total. The Hall–Kier alpha value is -1.23. The fourth-order valence-corrected chi connectivity index (χ4v) is 1.58. The second-order valence-electron chi connectivity index (χ2n) is 3.02. The third kappa shape index (κ3) is 1.16. The molecule has 2 rings (SSSR count). The van der Waals surface area contributed by atoms with E-state index in [1.807, 2.05) is 0 Å². The lowest BCUT2D eigenvalue weighted by atomic mass is 10.5. The van der Waals surface area contributed by atoms with Gasteiger partial charge in [-0.2, -0.15) is 0 Å². The monoisotopic (exact) mass is 216 g/mol. The van der Waals surface area contributed by atoms with Crippen LogP contribution in [0, 0.1) is 0 Å². The molecule has 0 aliphatic rings. The number of aromatic nitrogens is 4. The molecule has 2 aromatic heterocycles. The topological polar surface area (TPSA) is 25.1 Å². The zero-order valence-corrected chi connectivity index (χ0v) is 8.66. The maximum Gasteiger partial charge on any atom is 0.372 e. The molecule has 0 fully saturated rings. The van der Waals surface area contributed by atoms with Crippen molar-refractivity contribution in [1.29, 1.82) is 0 Å². The van der Waals surface area contributed by atoms with Crippen LogP contribution in [0.1, 0.15) is 5.82 Å². The van der Waals surface area contributed by atoms with Crippen LogP contribution in [0.4, 0.5) is 4.39 Å². The molecule has 0 spiro atoms. The molecule has 0 saturated heterocycles. The van der Waals surface area contributed by atoms with Gasteiger partial charge in [0, 0.05) is 16.6 Å². The van der Waals surface area contributed by atoms with Crippen molar-refractivity contribution < 1.29 is 13.8 Å². The predicted octanol–water partition coefficient (Wildman–Crippen LogP) is 0.106. The molecule has 0 saturated carbocycles. The quantitative estimate of drug-likeness (QED) is 0.621. The Labute approximate surface area is 85.1 Å². The summed E-state index contributed by atoms with van der Waals surface area (Å²) in [5, 5.41) is 4.68. The van der Waals surface area contributed by atoms with Crippen molar-refractivity contribution in [2.24, 2.45) is 14.1 Å². The van der Waals surface area contributed by atoms with Crippen LogP contribution in [0.3, 0.4) is 0 Å². The highest BCUT2D eigenvalue weighted by molar-refractivity contribution is 6.28. The van der Waals surface area contributed by atoms with E-state index in [0.717, 1.165) is 0 Å². The first-order chi connectivity index (χ1) is 6.65. The van der Waals surface area contributed by atoms with Crippen LogP contribution in [-0.4, -0.2) is 9.61 Å². The van der Waals surface area contributed by atoms with Crippen molar-refractivity contribution in [2.75, 3.05) is 0 Å². The van der Waals surface area contributed by atoms with E-state index in [4.69, 9.17) is 11.6 Å². The van der Waals surface area contributed by atoms with Gasteiger partial charge in [0.15, 0.2) is 13.7 Å². The van der Waals surface area contributed by atoms with E-state index < -0.39 is 6.67 Å². The van der Waals surface area contributed by atoms with Gasteiger partial charge in [0.2, 0.25) is 0 Å². The molecule has 74 valence electrons. The van der Waals surface area contributed by atoms with E-state index in [9.17, 15) is 4.39 Å². The maximum atomic E-state index is 12.7. The number of aryl methyl sites for hydroxylation is 2. The zero-order valence-electron chi connectivity index (χ0n) is 7.91. The van der Waals surface area contributed by atoms with Crippen molar-refractivity contribution in [3.8, 4) is 0 Å². The van der Waals surface area contributed by atoms with Gasteiger partial charge in [-0.1, -0.05) is 0 Å². The summed E-state index contributed by atoms with van der Waals surface area (Å²) in [6.45, 7) is -0.578. The normalized spacial score (nSPS) is 11.1. The van der Waals surface area contributed by atoms with Crippen molar-refractivity contribution in [2.45, 2.75) is 6.67 Å². The van der Waals surface area contributed by atoms with Crippen molar-refractivity contribution >= 4 is 17.2 Å². The van der Waals surface area contributed by atoms with E-state index in [1.54, 1.807) is 35.4 Å². The molecule has 14 heavy (non-hydrogen) atoms. The van der Waals surface area contributed by atoms with Crippen LogP contribution in [0.5, 0.6) is 0 Å². The largest absolute Gasteiger partial charge is 0.372 e. The first-order valence-electron chi connectivity index (χ1n) is 4.13. The van der Waals surface area contributed by atoms with Crippen LogP contribution < -0.4 is 9.36 Å². The fourth-order valence-electron chi connectivity index (χ4n) is 1.44. The van der Waals surface area contributed by atoms with Crippen LogP contribution in [0.2, 0.25) is 5.15 Å². The number of fused-ring (bicyclic) bond motifs is 1. The number of hydrogen-bond acceptors (Lipinski definition) is 1. The standard InChI is InChI=1S/C8H10ClFN4/c1-12-8(5-10)14-7(11-12)4-3-6(9)13(14)2/h3-4H,5H2,1-2H3/q+2. The average molecular weight is 217 g/mol. The lowest BCUT2D eigenvalue weighted by Gasteiger charge is -1.88. The summed E-state index contributed by atoms with van der Waals surface area (Å²) in [5.74, 6) is 0.463. The lowest BCUT2D eigenvalue weighted by Crippen LogP contribution is -2.43. The minimum atomic E-state index is -0.578. The Morgan fingerprint density at radius 1 is 1.50 bits per heavy atom. The van der Waals surface area contributed by atoms with Crippen LogP contribution in [-0.2, 0) is 20.8 Å². The van der Waals surface area contributed by atoms with Gasteiger partial charge in [0.1, 0.15) is 7.05 Å². The summed E-state index contributed by atoms with van der Waals surface area (Å²) in [6, 6.07) is 3.48. The summed E-state index contributed by atoms with van der Waals surface area (Å²) in [5.41, 5.74) is 0.673. The Balaban J connectivity index is 2.90. The van der Waals surface area contributed by atoms with Crippen molar-refractivity contribution in [3.63, 3.8) is 0 Å². The minimum absolute atomic E-state index is 0.463. The molecule has 0 aromatic carbocycles. The van der Waals surface area contributed by atoms with E-state index >= 15 is 0 Å². The van der Waals surface area contributed by atoms with Gasteiger partial charge < -0.3 is 0 Å². The van der Waals surface area contributed by atoms with Crippen molar-refractivity contribution in [3.05, 3.63) is 23.1 Å². The van der Waals surface area contributed by atoms with Gasteiger partial charge in [0.05, 0.1) is 0 Å². The summed E-state index contributed by atoms with van der Waals surface area (Å²) in [6.07, 6.45) is 0. The van der Waals surface area contributed by atoms with Gasteiger partial charge in [-0.05, 0) is 21.4 Å². The minimum Gasteiger partial charge on any atom is -0.237 e. The number of rotatable bonds is 1. The Morgan fingerprint density at radius 3 is 2.86 bits per heavy atom. The molecular weight excluding hydrogens is 207 g/mol. The number of nitrogens with zero attached hydrogens (tertiary/aromatic N) is 4. The molecule has 0 bridgehead atoms. The summed E-state index contributed by atoms with van der Waals surface area (Å²) >= 11 is 5.91. The second kappa shape index (κ2) is 3.16. The molecule has 6 heteroatoms. The van der Waals surface area contributed by atoms with E-state index in [2.05, 4.69) is 5.10 Å².